The molecule has 6 heteroatoms. The monoisotopic (exact) mass is 471 g/mol. The van der Waals surface area contributed by atoms with Crippen LogP contribution in [-0.2, 0) is 11.3 Å². The van der Waals surface area contributed by atoms with Crippen LogP contribution in [0.1, 0.15) is 35.7 Å². The molecular formula is C29H33N3O3. The normalized spacial score (nSPS) is 13.9. The highest BCUT2D eigenvalue weighted by atomic mass is 16.5. The Morgan fingerprint density at radius 1 is 0.829 bits per heavy atom. The maximum Gasteiger partial charge on any atom is 0.224 e. The maximum atomic E-state index is 12.4. The molecule has 1 N–H and O–H groups in total. The van der Waals surface area contributed by atoms with Crippen LogP contribution in [0.3, 0.4) is 0 Å². The third kappa shape index (κ3) is 7.17. The summed E-state index contributed by atoms with van der Waals surface area (Å²) in [5, 5.41) is 2.90. The predicted molar refractivity (Wildman–Crippen MR) is 140 cm³/mol. The van der Waals surface area contributed by atoms with Crippen LogP contribution in [0.25, 0.3) is 0 Å². The van der Waals surface area contributed by atoms with Crippen molar-refractivity contribution in [1.29, 1.82) is 0 Å². The third-order valence-electron chi connectivity index (χ3n) is 6.20. The van der Waals surface area contributed by atoms with Crippen molar-refractivity contribution in [2.24, 2.45) is 0 Å². The number of nitrogens with one attached hydrogen (secondary N) is 1. The van der Waals surface area contributed by atoms with Crippen LogP contribution >= 0.6 is 0 Å². The maximum absolute atomic E-state index is 12.4. The van der Waals surface area contributed by atoms with E-state index in [-0.39, 0.29) is 24.5 Å². The SMILES string of the molecule is CCOc1ccc(C(=O)CCC(=O)Nc2ccc(N3CCN(Cc4ccccc4)CC3)cc2)cc1. The number of ether oxygens (including phenoxy) is 1. The highest BCUT2D eigenvalue weighted by molar-refractivity contribution is 6.00. The predicted octanol–water partition coefficient (Wildman–Crippen LogP) is 5.01. The van der Waals surface area contributed by atoms with E-state index in [1.807, 2.05) is 31.2 Å². The second kappa shape index (κ2) is 12.2. The molecule has 4 rings (SSSR count). The first-order valence-corrected chi connectivity index (χ1v) is 12.3. The van der Waals surface area contributed by atoms with Gasteiger partial charge < -0.3 is 15.0 Å². The quantitative estimate of drug-likeness (QED) is 0.421. The average Bonchev–Trinajstić information content (AvgIpc) is 2.89. The Hall–Kier alpha value is -3.64. The van der Waals surface area contributed by atoms with E-state index in [4.69, 9.17) is 4.74 Å². The minimum atomic E-state index is -0.161. The Labute approximate surface area is 207 Å². The lowest BCUT2D eigenvalue weighted by Gasteiger charge is -2.36. The van der Waals surface area contributed by atoms with Gasteiger partial charge >= 0.3 is 0 Å². The van der Waals surface area contributed by atoms with Gasteiger partial charge in [0.25, 0.3) is 0 Å². The molecular weight excluding hydrogens is 438 g/mol. The molecule has 6 nitrogen and oxygen atoms in total. The Bertz CT molecular complexity index is 1090. The smallest absolute Gasteiger partial charge is 0.224 e. The van der Waals surface area contributed by atoms with Crippen molar-refractivity contribution in [3.8, 4) is 5.75 Å². The van der Waals surface area contributed by atoms with E-state index >= 15 is 0 Å². The van der Waals surface area contributed by atoms with E-state index in [1.54, 1.807) is 24.3 Å². The van der Waals surface area contributed by atoms with Crippen LogP contribution in [0.5, 0.6) is 5.75 Å². The molecule has 1 heterocycles. The standard InChI is InChI=1S/C29H33N3O3/c1-2-35-27-14-8-24(9-15-27)28(33)16-17-29(34)30-25-10-12-26(13-11-25)32-20-18-31(19-21-32)22-23-6-4-3-5-7-23/h3-15H,2,16-22H2,1H3,(H,30,34). The van der Waals surface area contributed by atoms with Crippen LogP contribution in [-0.4, -0.2) is 49.4 Å². The van der Waals surface area contributed by atoms with E-state index in [1.165, 1.54) is 5.56 Å². The summed E-state index contributed by atoms with van der Waals surface area (Å²) >= 11 is 0. The Balaban J connectivity index is 1.20. The first-order valence-electron chi connectivity index (χ1n) is 12.3. The van der Waals surface area contributed by atoms with Crippen molar-refractivity contribution in [2.75, 3.05) is 43.0 Å². The third-order valence-corrected chi connectivity index (χ3v) is 6.20. The highest BCUT2D eigenvalue weighted by Gasteiger charge is 2.17. The molecule has 1 aliphatic rings. The highest BCUT2D eigenvalue weighted by Crippen LogP contribution is 2.21. The van der Waals surface area contributed by atoms with Gasteiger partial charge in [0.15, 0.2) is 5.78 Å². The largest absolute Gasteiger partial charge is 0.494 e. The van der Waals surface area contributed by atoms with Crippen molar-refractivity contribution in [2.45, 2.75) is 26.3 Å². The second-order valence-corrected chi connectivity index (χ2v) is 8.72. The number of benzene rings is 3. The van der Waals surface area contributed by atoms with Gasteiger partial charge in [-0.3, -0.25) is 14.5 Å². The number of ketones is 1. The van der Waals surface area contributed by atoms with Gasteiger partial charge in [-0.2, -0.15) is 0 Å². The van der Waals surface area contributed by atoms with Crippen molar-refractivity contribution < 1.29 is 14.3 Å². The van der Waals surface area contributed by atoms with E-state index in [2.05, 4.69) is 45.4 Å². The zero-order valence-electron chi connectivity index (χ0n) is 20.3. The number of hydrogen-bond acceptors (Lipinski definition) is 5. The molecule has 0 atom stereocenters. The van der Waals surface area contributed by atoms with Crippen LogP contribution in [0, 0.1) is 0 Å². The molecule has 35 heavy (non-hydrogen) atoms. The molecule has 0 aliphatic carbocycles. The summed E-state index contributed by atoms with van der Waals surface area (Å²) in [6, 6.07) is 25.6. The van der Waals surface area contributed by atoms with E-state index < -0.39 is 0 Å². The minimum absolute atomic E-state index is 0.0510. The number of amides is 1. The first kappa shape index (κ1) is 24.5. The Morgan fingerprint density at radius 3 is 2.17 bits per heavy atom. The Morgan fingerprint density at radius 2 is 1.51 bits per heavy atom. The number of nitrogens with zero attached hydrogens (tertiary/aromatic N) is 2. The van der Waals surface area contributed by atoms with E-state index in [0.717, 1.165) is 49.8 Å². The molecule has 182 valence electrons. The molecule has 1 saturated heterocycles. The van der Waals surface area contributed by atoms with Crippen LogP contribution in [0.4, 0.5) is 11.4 Å². The fourth-order valence-corrected chi connectivity index (χ4v) is 4.26. The van der Waals surface area contributed by atoms with Gasteiger partial charge in [-0.1, -0.05) is 30.3 Å². The van der Waals surface area contributed by atoms with Gasteiger partial charge in [0.05, 0.1) is 6.61 Å². The lowest BCUT2D eigenvalue weighted by molar-refractivity contribution is -0.116. The number of anilines is 2. The van der Waals surface area contributed by atoms with E-state index in [0.29, 0.717) is 12.2 Å². The fraction of sp³-hybridized carbons (Fsp3) is 0.310. The summed E-state index contributed by atoms with van der Waals surface area (Å²) in [6.45, 7) is 7.49. The molecule has 1 amide bonds. The van der Waals surface area contributed by atoms with Gasteiger partial charge in [0.2, 0.25) is 5.91 Å². The molecule has 1 aliphatic heterocycles. The number of carbonyl (C=O) groups excluding carboxylic acids is 2. The average molecular weight is 472 g/mol. The summed E-state index contributed by atoms with van der Waals surface area (Å²) in [7, 11) is 0. The first-order chi connectivity index (χ1) is 17.1. The number of rotatable bonds is 10. The molecule has 0 bridgehead atoms. The summed E-state index contributed by atoms with van der Waals surface area (Å²) < 4.78 is 5.40. The zero-order valence-corrected chi connectivity index (χ0v) is 20.3. The number of hydrogen-bond donors (Lipinski definition) is 1. The molecule has 0 spiro atoms. The molecule has 0 unspecified atom stereocenters. The molecule has 0 saturated carbocycles. The summed E-state index contributed by atoms with van der Waals surface area (Å²) in [6.07, 6.45) is 0.322. The molecule has 1 fully saturated rings. The molecule has 0 radical (unpaired) electrons. The summed E-state index contributed by atoms with van der Waals surface area (Å²) in [5.41, 5.74) is 3.85. The molecule has 3 aromatic carbocycles. The second-order valence-electron chi connectivity index (χ2n) is 8.72. The molecule has 3 aromatic rings. The Kier molecular flexibility index (Phi) is 8.52. The summed E-state index contributed by atoms with van der Waals surface area (Å²) in [5.74, 6) is 0.524. The minimum Gasteiger partial charge on any atom is -0.494 e. The van der Waals surface area contributed by atoms with Crippen molar-refractivity contribution >= 4 is 23.1 Å². The van der Waals surface area contributed by atoms with E-state index in [9.17, 15) is 9.59 Å². The van der Waals surface area contributed by atoms with Crippen molar-refractivity contribution in [3.05, 3.63) is 90.0 Å². The number of Topliss-reactive ketones (excluding diaryl/α,β-unsaturated/α-hetero) is 1. The lowest BCUT2D eigenvalue weighted by atomic mass is 10.1. The summed E-state index contributed by atoms with van der Waals surface area (Å²) in [4.78, 5) is 29.6. The van der Waals surface area contributed by atoms with Crippen molar-refractivity contribution in [3.63, 3.8) is 0 Å². The number of carbonyl (C=O) groups is 2. The lowest BCUT2D eigenvalue weighted by Crippen LogP contribution is -2.45. The van der Waals surface area contributed by atoms with Gasteiger partial charge in [-0.05, 0) is 61.0 Å². The van der Waals surface area contributed by atoms with Gasteiger partial charge in [-0.25, -0.2) is 0 Å². The zero-order chi connectivity index (χ0) is 24.5. The van der Waals surface area contributed by atoms with Crippen LogP contribution < -0.4 is 15.0 Å². The van der Waals surface area contributed by atoms with Gasteiger partial charge in [0, 0.05) is 62.5 Å². The molecule has 0 aromatic heterocycles. The van der Waals surface area contributed by atoms with Crippen molar-refractivity contribution in [1.82, 2.24) is 4.90 Å². The van der Waals surface area contributed by atoms with Gasteiger partial charge in [-0.15, -0.1) is 0 Å². The van der Waals surface area contributed by atoms with Crippen LogP contribution in [0.15, 0.2) is 78.9 Å². The number of piperazine rings is 1. The van der Waals surface area contributed by atoms with Crippen LogP contribution in [0.2, 0.25) is 0 Å². The fourth-order valence-electron chi connectivity index (χ4n) is 4.26. The topological polar surface area (TPSA) is 61.9 Å². The van der Waals surface area contributed by atoms with Gasteiger partial charge in [0.1, 0.15) is 5.75 Å².